The van der Waals surface area contributed by atoms with Gasteiger partial charge < -0.3 is 0 Å². The Balaban J connectivity index is 1.70. The van der Waals surface area contributed by atoms with Crippen LogP contribution >= 0.6 is 15.9 Å². The summed E-state index contributed by atoms with van der Waals surface area (Å²) in [5.74, 6) is 1.18. The van der Waals surface area contributed by atoms with Crippen LogP contribution in [0.5, 0.6) is 0 Å². The first-order chi connectivity index (χ1) is 11.5. The largest absolute Gasteiger partial charge is 0.276 e. The second kappa shape index (κ2) is 5.86. The van der Waals surface area contributed by atoms with Gasteiger partial charge in [-0.15, -0.1) is 0 Å². The SMILES string of the molecule is O=S(=O)(Nc1cccn2nc(C3CCC3)nc12)c1ccc(Br)cc1. The normalized spacial score (nSPS) is 15.4. The van der Waals surface area contributed by atoms with E-state index in [-0.39, 0.29) is 4.90 Å². The molecular weight excluding hydrogens is 392 g/mol. The van der Waals surface area contributed by atoms with Crippen molar-refractivity contribution < 1.29 is 8.42 Å². The van der Waals surface area contributed by atoms with E-state index in [0.29, 0.717) is 17.3 Å². The van der Waals surface area contributed by atoms with Crippen LogP contribution in [0.4, 0.5) is 5.69 Å². The van der Waals surface area contributed by atoms with Crippen molar-refractivity contribution in [3.8, 4) is 0 Å². The van der Waals surface area contributed by atoms with Crippen molar-refractivity contribution >= 4 is 37.3 Å². The molecule has 1 aliphatic rings. The molecule has 2 aromatic heterocycles. The van der Waals surface area contributed by atoms with Gasteiger partial charge >= 0.3 is 0 Å². The number of pyridine rings is 1. The Bertz CT molecular complexity index is 995. The van der Waals surface area contributed by atoms with E-state index in [1.165, 1.54) is 6.42 Å². The first kappa shape index (κ1) is 15.6. The van der Waals surface area contributed by atoms with Gasteiger partial charge in [0, 0.05) is 16.6 Å². The van der Waals surface area contributed by atoms with Crippen LogP contribution < -0.4 is 4.72 Å². The predicted octanol–water partition coefficient (Wildman–Crippen LogP) is 3.56. The molecule has 1 aliphatic carbocycles. The summed E-state index contributed by atoms with van der Waals surface area (Å²) in [7, 11) is -3.68. The van der Waals surface area contributed by atoms with E-state index >= 15 is 0 Å². The van der Waals surface area contributed by atoms with E-state index < -0.39 is 10.0 Å². The molecule has 0 amide bonds. The molecule has 0 saturated heterocycles. The van der Waals surface area contributed by atoms with Crippen molar-refractivity contribution in [2.45, 2.75) is 30.1 Å². The maximum absolute atomic E-state index is 12.6. The molecule has 0 atom stereocenters. The summed E-state index contributed by atoms with van der Waals surface area (Å²) in [6, 6.07) is 9.95. The summed E-state index contributed by atoms with van der Waals surface area (Å²) in [4.78, 5) is 4.74. The van der Waals surface area contributed by atoms with Gasteiger partial charge in [0.15, 0.2) is 11.5 Å². The van der Waals surface area contributed by atoms with Crippen LogP contribution in [0.15, 0.2) is 52.0 Å². The van der Waals surface area contributed by atoms with Gasteiger partial charge in [0.25, 0.3) is 10.0 Å². The van der Waals surface area contributed by atoms with Gasteiger partial charge in [0.1, 0.15) is 0 Å². The van der Waals surface area contributed by atoms with Crippen LogP contribution in [0.25, 0.3) is 5.65 Å². The molecule has 3 aromatic rings. The van der Waals surface area contributed by atoms with Crippen molar-refractivity contribution in [3.63, 3.8) is 0 Å². The molecule has 1 aromatic carbocycles. The summed E-state index contributed by atoms with van der Waals surface area (Å²) in [6.45, 7) is 0. The van der Waals surface area contributed by atoms with Gasteiger partial charge in [0.05, 0.1) is 10.6 Å². The molecule has 0 spiro atoms. The van der Waals surface area contributed by atoms with Gasteiger partial charge in [0.2, 0.25) is 0 Å². The van der Waals surface area contributed by atoms with E-state index in [2.05, 4.69) is 30.7 Å². The van der Waals surface area contributed by atoms with Gasteiger partial charge in [-0.05, 0) is 49.2 Å². The zero-order valence-corrected chi connectivity index (χ0v) is 15.1. The van der Waals surface area contributed by atoms with Gasteiger partial charge in [-0.1, -0.05) is 22.4 Å². The molecule has 2 heterocycles. The molecule has 8 heteroatoms. The Labute approximate surface area is 148 Å². The van der Waals surface area contributed by atoms with E-state index in [9.17, 15) is 8.42 Å². The van der Waals surface area contributed by atoms with Crippen molar-refractivity contribution in [2.75, 3.05) is 4.72 Å². The van der Waals surface area contributed by atoms with Crippen LogP contribution in [-0.2, 0) is 10.0 Å². The van der Waals surface area contributed by atoms with Crippen molar-refractivity contribution in [1.82, 2.24) is 14.6 Å². The van der Waals surface area contributed by atoms with E-state index in [1.807, 2.05) is 0 Å². The average Bonchev–Trinajstić information content (AvgIpc) is 2.90. The van der Waals surface area contributed by atoms with Crippen LogP contribution in [0.3, 0.4) is 0 Å². The zero-order valence-electron chi connectivity index (χ0n) is 12.7. The molecule has 1 N–H and O–H groups in total. The van der Waals surface area contributed by atoms with Gasteiger partial charge in [-0.2, -0.15) is 5.10 Å². The molecule has 124 valence electrons. The Morgan fingerprint density at radius 3 is 2.58 bits per heavy atom. The van der Waals surface area contributed by atoms with E-state index in [0.717, 1.165) is 23.1 Å². The fourth-order valence-electron chi connectivity index (χ4n) is 2.66. The highest BCUT2D eigenvalue weighted by Gasteiger charge is 2.25. The number of anilines is 1. The molecule has 1 fully saturated rings. The number of hydrogen-bond acceptors (Lipinski definition) is 4. The lowest BCUT2D eigenvalue weighted by atomic mass is 9.85. The van der Waals surface area contributed by atoms with Crippen LogP contribution in [-0.4, -0.2) is 23.0 Å². The number of halogens is 1. The number of nitrogens with zero attached hydrogens (tertiary/aromatic N) is 3. The molecule has 1 saturated carbocycles. The van der Waals surface area contributed by atoms with Crippen LogP contribution in [0, 0.1) is 0 Å². The number of nitrogens with one attached hydrogen (secondary N) is 1. The van der Waals surface area contributed by atoms with Crippen LogP contribution in [0.1, 0.15) is 31.0 Å². The number of rotatable bonds is 4. The Kier molecular flexibility index (Phi) is 3.80. The molecule has 0 radical (unpaired) electrons. The van der Waals surface area contributed by atoms with Crippen molar-refractivity contribution in [2.24, 2.45) is 0 Å². The fourth-order valence-corrected chi connectivity index (χ4v) is 3.98. The fraction of sp³-hybridized carbons (Fsp3) is 0.250. The lowest BCUT2D eigenvalue weighted by molar-refractivity contribution is 0.402. The predicted molar refractivity (Wildman–Crippen MR) is 94.5 cm³/mol. The molecular formula is C16H15BrN4O2S. The Morgan fingerprint density at radius 2 is 1.92 bits per heavy atom. The minimum absolute atomic E-state index is 0.200. The lowest BCUT2D eigenvalue weighted by Crippen LogP contribution is -2.13. The summed E-state index contributed by atoms with van der Waals surface area (Å²) < 4.78 is 30.2. The number of benzene rings is 1. The first-order valence-electron chi connectivity index (χ1n) is 7.67. The highest BCUT2D eigenvalue weighted by Crippen LogP contribution is 2.35. The second-order valence-electron chi connectivity index (χ2n) is 5.85. The Morgan fingerprint density at radius 1 is 1.17 bits per heavy atom. The lowest BCUT2D eigenvalue weighted by Gasteiger charge is -2.21. The van der Waals surface area contributed by atoms with E-state index in [1.54, 1.807) is 47.1 Å². The van der Waals surface area contributed by atoms with Crippen molar-refractivity contribution in [1.29, 1.82) is 0 Å². The van der Waals surface area contributed by atoms with E-state index in [4.69, 9.17) is 0 Å². The average molecular weight is 407 g/mol. The van der Waals surface area contributed by atoms with Crippen molar-refractivity contribution in [3.05, 3.63) is 52.9 Å². The third-order valence-electron chi connectivity index (χ3n) is 4.22. The number of sulfonamides is 1. The molecule has 0 unspecified atom stereocenters. The molecule has 0 bridgehead atoms. The van der Waals surface area contributed by atoms with Gasteiger partial charge in [-0.25, -0.2) is 17.9 Å². The van der Waals surface area contributed by atoms with Gasteiger partial charge in [-0.3, -0.25) is 4.72 Å². The molecule has 6 nitrogen and oxygen atoms in total. The highest BCUT2D eigenvalue weighted by atomic mass is 79.9. The third kappa shape index (κ3) is 2.80. The Hall–Kier alpha value is -1.93. The quantitative estimate of drug-likeness (QED) is 0.718. The summed E-state index contributed by atoms with van der Waals surface area (Å²) in [6.07, 6.45) is 5.17. The minimum atomic E-state index is -3.68. The minimum Gasteiger partial charge on any atom is -0.276 e. The standard InChI is InChI=1S/C16H15BrN4O2S/c17-12-6-8-13(9-7-12)24(22,23)20-14-5-2-10-21-16(14)18-15(19-21)11-3-1-4-11/h2,5-11,20H,1,3-4H2. The summed E-state index contributed by atoms with van der Waals surface area (Å²) in [5.41, 5.74) is 0.957. The topological polar surface area (TPSA) is 76.4 Å². The molecule has 4 rings (SSSR count). The summed E-state index contributed by atoms with van der Waals surface area (Å²) >= 11 is 3.30. The highest BCUT2D eigenvalue weighted by molar-refractivity contribution is 9.10. The molecule has 0 aliphatic heterocycles. The summed E-state index contributed by atoms with van der Waals surface area (Å²) in [5, 5.41) is 4.47. The number of fused-ring (bicyclic) bond motifs is 1. The number of aromatic nitrogens is 3. The zero-order chi connectivity index (χ0) is 16.7. The maximum Gasteiger partial charge on any atom is 0.262 e. The maximum atomic E-state index is 12.6. The third-order valence-corrected chi connectivity index (χ3v) is 6.13. The second-order valence-corrected chi connectivity index (χ2v) is 8.45. The smallest absolute Gasteiger partial charge is 0.262 e. The van der Waals surface area contributed by atoms with Crippen LogP contribution in [0.2, 0.25) is 0 Å². The monoisotopic (exact) mass is 406 g/mol. The molecule has 24 heavy (non-hydrogen) atoms. The number of hydrogen-bond donors (Lipinski definition) is 1. The first-order valence-corrected chi connectivity index (χ1v) is 9.94.